The molecule has 4 nitrogen and oxygen atoms in total. The van der Waals surface area contributed by atoms with Crippen LogP contribution in [0.3, 0.4) is 0 Å². The van der Waals surface area contributed by atoms with Crippen LogP contribution in [-0.4, -0.2) is 30.2 Å². The smallest absolute Gasteiger partial charge is 0.409 e. The Balaban J connectivity index is 1.88. The second-order valence-corrected chi connectivity index (χ2v) is 6.39. The molecule has 1 N–H and O–H groups in total. The molecule has 0 bridgehead atoms. The molecule has 1 heterocycles. The number of amides is 1. The number of nitrogens with one attached hydrogen (secondary N) is 1. The van der Waals surface area contributed by atoms with Crippen molar-refractivity contribution in [2.45, 2.75) is 38.4 Å². The minimum atomic E-state index is -4.49. The number of hydrogen-bond acceptors (Lipinski definition) is 3. The molecule has 7 heteroatoms. The molecule has 0 aromatic heterocycles. The molecular formula is C19H21F3N2O2. The van der Waals surface area contributed by atoms with Gasteiger partial charge >= 0.3 is 6.18 Å². The number of carbonyl (C=O) groups excluding carboxylic acids is 1. The van der Waals surface area contributed by atoms with Gasteiger partial charge in [0.25, 0.3) is 0 Å². The largest absolute Gasteiger partial charge is 0.494 e. The van der Waals surface area contributed by atoms with Gasteiger partial charge in [0.2, 0.25) is 5.91 Å². The van der Waals surface area contributed by atoms with Crippen molar-refractivity contribution in [2.24, 2.45) is 0 Å². The van der Waals surface area contributed by atoms with Gasteiger partial charge in [0, 0.05) is 13.0 Å². The summed E-state index contributed by atoms with van der Waals surface area (Å²) in [5.41, 5.74) is 2.40. The summed E-state index contributed by atoms with van der Waals surface area (Å²) in [7, 11) is 0. The summed E-state index contributed by atoms with van der Waals surface area (Å²) >= 11 is 0. The summed E-state index contributed by atoms with van der Waals surface area (Å²) in [6.45, 7) is 2.72. The van der Waals surface area contributed by atoms with E-state index in [-0.39, 0.29) is 18.5 Å². The third-order valence-corrected chi connectivity index (χ3v) is 4.39. The van der Waals surface area contributed by atoms with Crippen LogP contribution in [-0.2, 0) is 4.79 Å². The van der Waals surface area contributed by atoms with Crippen molar-refractivity contribution in [1.82, 2.24) is 10.4 Å². The predicted molar refractivity (Wildman–Crippen MR) is 92.6 cm³/mol. The molecule has 1 aliphatic rings. The maximum Gasteiger partial charge on any atom is 0.409 e. The van der Waals surface area contributed by atoms with Crippen LogP contribution in [0.25, 0.3) is 10.8 Å². The summed E-state index contributed by atoms with van der Waals surface area (Å²) in [6, 6.07) is 8.13. The molecular weight excluding hydrogens is 345 g/mol. The highest BCUT2D eigenvalue weighted by atomic mass is 19.4. The summed E-state index contributed by atoms with van der Waals surface area (Å²) in [5.74, 6) is 0.312. The molecule has 2 aromatic rings. The van der Waals surface area contributed by atoms with Crippen LogP contribution >= 0.6 is 0 Å². The molecule has 1 atom stereocenters. The zero-order valence-electron chi connectivity index (χ0n) is 14.5. The van der Waals surface area contributed by atoms with Crippen LogP contribution in [0.5, 0.6) is 5.75 Å². The lowest BCUT2D eigenvalue weighted by atomic mass is 10.0. The second kappa shape index (κ2) is 7.53. The molecule has 0 unspecified atom stereocenters. The van der Waals surface area contributed by atoms with Gasteiger partial charge in [-0.1, -0.05) is 31.5 Å². The molecule has 0 radical (unpaired) electrons. The van der Waals surface area contributed by atoms with Gasteiger partial charge < -0.3 is 4.74 Å². The zero-order chi connectivity index (χ0) is 18.7. The monoisotopic (exact) mass is 366 g/mol. The fourth-order valence-electron chi connectivity index (χ4n) is 3.07. The number of nitrogens with zero attached hydrogens (tertiary/aromatic N) is 1. The Bertz CT molecular complexity index is 792. The van der Waals surface area contributed by atoms with Crippen molar-refractivity contribution in [1.29, 1.82) is 0 Å². The predicted octanol–water partition coefficient (Wildman–Crippen LogP) is 4.36. The van der Waals surface area contributed by atoms with E-state index >= 15 is 0 Å². The highest BCUT2D eigenvalue weighted by molar-refractivity contribution is 5.84. The number of unbranched alkanes of at least 4 members (excludes halogenated alkanes) is 1. The van der Waals surface area contributed by atoms with Gasteiger partial charge in [-0.3, -0.25) is 10.2 Å². The first kappa shape index (κ1) is 18.5. The molecule has 26 heavy (non-hydrogen) atoms. The first-order valence-electron chi connectivity index (χ1n) is 8.68. The van der Waals surface area contributed by atoms with Gasteiger partial charge in [-0.25, -0.2) is 5.01 Å². The summed E-state index contributed by atoms with van der Waals surface area (Å²) in [5, 5.41) is 2.48. The van der Waals surface area contributed by atoms with Crippen LogP contribution in [0.1, 0.15) is 37.8 Å². The van der Waals surface area contributed by atoms with Crippen LogP contribution < -0.4 is 10.2 Å². The molecule has 0 saturated carbocycles. The first-order valence-corrected chi connectivity index (χ1v) is 8.68. The number of halogens is 3. The maximum atomic E-state index is 13.6. The molecule has 0 spiro atoms. The minimum absolute atomic E-state index is 0.0330. The molecule has 1 amide bonds. The van der Waals surface area contributed by atoms with Crippen LogP contribution in [0.2, 0.25) is 0 Å². The Morgan fingerprint density at radius 1 is 1.19 bits per heavy atom. The van der Waals surface area contributed by atoms with Crippen LogP contribution in [0.4, 0.5) is 13.2 Å². The van der Waals surface area contributed by atoms with E-state index in [9.17, 15) is 18.0 Å². The Labute approximate surface area is 149 Å². The second-order valence-electron chi connectivity index (χ2n) is 6.39. The molecule has 0 aliphatic carbocycles. The van der Waals surface area contributed by atoms with Crippen molar-refractivity contribution in [2.75, 3.05) is 13.2 Å². The van der Waals surface area contributed by atoms with E-state index in [0.29, 0.717) is 17.7 Å². The van der Waals surface area contributed by atoms with Crippen molar-refractivity contribution >= 4 is 16.7 Å². The summed E-state index contributed by atoms with van der Waals surface area (Å²) < 4.78 is 46.5. The molecule has 1 saturated heterocycles. The van der Waals surface area contributed by atoms with Gasteiger partial charge in [0.15, 0.2) is 0 Å². The van der Waals surface area contributed by atoms with Gasteiger partial charge in [0.05, 0.1) is 6.61 Å². The number of rotatable bonds is 6. The quantitative estimate of drug-likeness (QED) is 0.773. The number of alkyl halides is 3. The molecule has 140 valence electrons. The highest BCUT2D eigenvalue weighted by Crippen LogP contribution is 2.39. The maximum absolute atomic E-state index is 13.6. The third kappa shape index (κ3) is 4.09. The van der Waals surface area contributed by atoms with Gasteiger partial charge in [-0.05, 0) is 41.0 Å². The van der Waals surface area contributed by atoms with Crippen molar-refractivity contribution in [3.8, 4) is 5.75 Å². The van der Waals surface area contributed by atoms with E-state index in [1.807, 2.05) is 6.07 Å². The van der Waals surface area contributed by atoms with Gasteiger partial charge in [-0.2, -0.15) is 13.2 Å². The van der Waals surface area contributed by atoms with E-state index in [4.69, 9.17) is 4.74 Å². The van der Waals surface area contributed by atoms with E-state index < -0.39 is 18.1 Å². The lowest BCUT2D eigenvalue weighted by Crippen LogP contribution is -2.43. The number of ether oxygens (including phenoxy) is 1. The van der Waals surface area contributed by atoms with Gasteiger partial charge in [0.1, 0.15) is 11.8 Å². The number of benzene rings is 2. The van der Waals surface area contributed by atoms with Crippen molar-refractivity contribution < 1.29 is 22.7 Å². The molecule has 2 aromatic carbocycles. The number of carbonyl (C=O) groups is 1. The van der Waals surface area contributed by atoms with E-state index in [1.165, 1.54) is 12.1 Å². The average Bonchev–Trinajstić information content (AvgIpc) is 2.99. The minimum Gasteiger partial charge on any atom is -0.494 e. The van der Waals surface area contributed by atoms with E-state index in [0.717, 1.165) is 23.2 Å². The Hall–Kier alpha value is -2.28. The van der Waals surface area contributed by atoms with Gasteiger partial charge in [-0.15, -0.1) is 0 Å². The standard InChI is InChI=1S/C19H21F3N2O2/c1-2-3-10-26-16-7-6-13-11-15(5-4-14(13)12-16)18(19(20,21)22)24-9-8-17(25)23-24/h4-7,11-12,18H,2-3,8-10H2,1H3,(H,23,25)/t18-/m0/s1. The first-order chi connectivity index (χ1) is 12.4. The van der Waals surface area contributed by atoms with E-state index in [2.05, 4.69) is 12.3 Å². The normalized spacial score (nSPS) is 16.7. The number of fused-ring (bicyclic) bond motifs is 1. The lowest BCUT2D eigenvalue weighted by molar-refractivity contribution is -0.191. The fraction of sp³-hybridized carbons (Fsp3) is 0.421. The average molecular weight is 366 g/mol. The molecule has 1 fully saturated rings. The third-order valence-electron chi connectivity index (χ3n) is 4.39. The van der Waals surface area contributed by atoms with Crippen molar-refractivity contribution in [3.05, 3.63) is 42.0 Å². The van der Waals surface area contributed by atoms with Crippen LogP contribution in [0.15, 0.2) is 36.4 Å². The topological polar surface area (TPSA) is 41.6 Å². The molecule has 3 rings (SSSR count). The number of hydrogen-bond donors (Lipinski definition) is 1. The Kier molecular flexibility index (Phi) is 5.36. The Morgan fingerprint density at radius 3 is 2.58 bits per heavy atom. The van der Waals surface area contributed by atoms with E-state index in [1.54, 1.807) is 18.2 Å². The fourth-order valence-corrected chi connectivity index (χ4v) is 3.07. The lowest BCUT2D eigenvalue weighted by Gasteiger charge is -2.29. The summed E-state index contributed by atoms with van der Waals surface area (Å²) in [6.07, 6.45) is -2.44. The SMILES string of the molecule is CCCCOc1ccc2cc([C@H](N3CCC(=O)N3)C(F)(F)F)ccc2c1. The van der Waals surface area contributed by atoms with Crippen molar-refractivity contribution in [3.63, 3.8) is 0 Å². The number of hydrazine groups is 1. The summed E-state index contributed by atoms with van der Waals surface area (Å²) in [4.78, 5) is 11.3. The Morgan fingerprint density at radius 2 is 1.92 bits per heavy atom. The highest BCUT2D eigenvalue weighted by Gasteiger charge is 2.46. The zero-order valence-corrected chi connectivity index (χ0v) is 14.5. The molecule has 1 aliphatic heterocycles. The van der Waals surface area contributed by atoms with Crippen LogP contribution in [0, 0.1) is 0 Å².